The third kappa shape index (κ3) is 2.10. The summed E-state index contributed by atoms with van der Waals surface area (Å²) in [5.41, 5.74) is 8.76. The summed E-state index contributed by atoms with van der Waals surface area (Å²) in [6, 6.07) is 6.42. The number of rotatable bonds is 4. The first-order valence-electron chi connectivity index (χ1n) is 5.23. The smallest absolute Gasteiger partial charge is 0.0931 e. The zero-order valence-corrected chi connectivity index (χ0v) is 8.83. The molecule has 4 N–H and O–H groups in total. The Kier molecular flexibility index (Phi) is 2.87. The Labute approximate surface area is 88.9 Å². The average Bonchev–Trinajstić information content (AvgIpc) is 2.73. The summed E-state index contributed by atoms with van der Waals surface area (Å²) in [7, 11) is 0. The Balaban J connectivity index is 2.20. The van der Waals surface area contributed by atoms with Crippen LogP contribution in [0.4, 0.5) is 5.69 Å². The van der Waals surface area contributed by atoms with Gasteiger partial charge in [0.2, 0.25) is 0 Å². The number of nitrogens with two attached hydrogens (primary N) is 1. The van der Waals surface area contributed by atoms with Crippen LogP contribution in [0.3, 0.4) is 0 Å². The molecule has 1 unspecified atom stereocenters. The van der Waals surface area contributed by atoms with Crippen molar-refractivity contribution in [1.29, 1.82) is 0 Å². The van der Waals surface area contributed by atoms with E-state index in [1.165, 1.54) is 0 Å². The maximum absolute atomic E-state index is 5.64. The summed E-state index contributed by atoms with van der Waals surface area (Å²) in [5.74, 6) is 0. The van der Waals surface area contributed by atoms with Crippen molar-refractivity contribution < 1.29 is 0 Å². The molecule has 2 aromatic rings. The Morgan fingerprint density at radius 3 is 3.13 bits per heavy atom. The maximum atomic E-state index is 5.64. The van der Waals surface area contributed by atoms with E-state index in [0.29, 0.717) is 12.6 Å². The largest absolute Gasteiger partial charge is 0.381 e. The molecule has 1 aromatic heterocycles. The summed E-state index contributed by atoms with van der Waals surface area (Å²) in [5, 5.41) is 3.39. The number of nitrogens with one attached hydrogen (secondary N) is 2. The number of benzene rings is 1. The molecular weight excluding hydrogens is 188 g/mol. The number of hydrogen-bond donors (Lipinski definition) is 3. The standard InChI is InChI=1S/C11H16N4/c1-2-8(6-12)15-9-3-4-10-11(5-9)14-7-13-10/h3-5,7-8,15H,2,6,12H2,1H3,(H,13,14). The summed E-state index contributed by atoms with van der Waals surface area (Å²) in [4.78, 5) is 7.26. The van der Waals surface area contributed by atoms with Gasteiger partial charge in [0.05, 0.1) is 17.4 Å². The van der Waals surface area contributed by atoms with Crippen LogP contribution in [0.25, 0.3) is 11.0 Å². The number of hydrogen-bond acceptors (Lipinski definition) is 3. The van der Waals surface area contributed by atoms with E-state index in [1.807, 2.05) is 12.1 Å². The minimum Gasteiger partial charge on any atom is -0.381 e. The van der Waals surface area contributed by atoms with E-state index in [1.54, 1.807) is 6.33 Å². The van der Waals surface area contributed by atoms with Crippen molar-refractivity contribution in [3.05, 3.63) is 24.5 Å². The molecular formula is C11H16N4. The number of nitrogens with zero attached hydrogens (tertiary/aromatic N) is 1. The second-order valence-corrected chi connectivity index (χ2v) is 3.62. The lowest BCUT2D eigenvalue weighted by molar-refractivity contribution is 0.704. The molecule has 15 heavy (non-hydrogen) atoms. The lowest BCUT2D eigenvalue weighted by Gasteiger charge is -2.15. The first-order valence-corrected chi connectivity index (χ1v) is 5.23. The van der Waals surface area contributed by atoms with Gasteiger partial charge in [0.1, 0.15) is 0 Å². The van der Waals surface area contributed by atoms with Crippen LogP contribution in [0.2, 0.25) is 0 Å². The van der Waals surface area contributed by atoms with Crippen LogP contribution in [0.1, 0.15) is 13.3 Å². The molecule has 1 atom stereocenters. The van der Waals surface area contributed by atoms with Crippen LogP contribution >= 0.6 is 0 Å². The fraction of sp³-hybridized carbons (Fsp3) is 0.364. The number of imidazole rings is 1. The fourth-order valence-corrected chi connectivity index (χ4v) is 1.59. The number of anilines is 1. The van der Waals surface area contributed by atoms with Crippen LogP contribution in [0.5, 0.6) is 0 Å². The summed E-state index contributed by atoms with van der Waals surface area (Å²) in [6.07, 6.45) is 2.73. The van der Waals surface area contributed by atoms with Crippen LogP contribution in [-0.2, 0) is 0 Å². The van der Waals surface area contributed by atoms with E-state index >= 15 is 0 Å². The fourth-order valence-electron chi connectivity index (χ4n) is 1.59. The molecule has 0 aliphatic rings. The van der Waals surface area contributed by atoms with Gasteiger partial charge in [-0.2, -0.15) is 0 Å². The Morgan fingerprint density at radius 1 is 1.53 bits per heavy atom. The molecule has 2 rings (SSSR count). The Morgan fingerprint density at radius 2 is 2.40 bits per heavy atom. The molecule has 4 heteroatoms. The number of fused-ring (bicyclic) bond motifs is 1. The van der Waals surface area contributed by atoms with Crippen molar-refractivity contribution >= 4 is 16.7 Å². The first-order chi connectivity index (χ1) is 7.33. The Bertz CT molecular complexity index is 431. The van der Waals surface area contributed by atoms with Crippen molar-refractivity contribution in [2.24, 2.45) is 5.73 Å². The number of H-pyrrole nitrogens is 1. The molecule has 0 fully saturated rings. The minimum absolute atomic E-state index is 0.338. The highest BCUT2D eigenvalue weighted by Gasteiger charge is 2.04. The lowest BCUT2D eigenvalue weighted by Crippen LogP contribution is -2.27. The van der Waals surface area contributed by atoms with Gasteiger partial charge >= 0.3 is 0 Å². The predicted octanol–water partition coefficient (Wildman–Crippen LogP) is 1.71. The first kappa shape index (κ1) is 9.98. The van der Waals surface area contributed by atoms with Gasteiger partial charge in [-0.05, 0) is 24.6 Å². The van der Waals surface area contributed by atoms with E-state index in [4.69, 9.17) is 5.73 Å². The third-order valence-corrected chi connectivity index (χ3v) is 2.57. The van der Waals surface area contributed by atoms with Crippen LogP contribution in [-0.4, -0.2) is 22.6 Å². The molecule has 0 spiro atoms. The molecule has 80 valence electrons. The van der Waals surface area contributed by atoms with Gasteiger partial charge in [-0.15, -0.1) is 0 Å². The third-order valence-electron chi connectivity index (χ3n) is 2.57. The van der Waals surface area contributed by atoms with E-state index in [2.05, 4.69) is 28.3 Å². The van der Waals surface area contributed by atoms with Gasteiger partial charge in [0.15, 0.2) is 0 Å². The predicted molar refractivity (Wildman–Crippen MR) is 62.8 cm³/mol. The summed E-state index contributed by atoms with van der Waals surface area (Å²) in [6.45, 7) is 2.77. The van der Waals surface area contributed by atoms with Crippen molar-refractivity contribution in [3.63, 3.8) is 0 Å². The van der Waals surface area contributed by atoms with E-state index in [-0.39, 0.29) is 0 Å². The normalized spacial score (nSPS) is 12.9. The number of aromatic nitrogens is 2. The van der Waals surface area contributed by atoms with Gasteiger partial charge in [0, 0.05) is 18.3 Å². The average molecular weight is 204 g/mol. The van der Waals surface area contributed by atoms with E-state index in [0.717, 1.165) is 23.1 Å². The molecule has 0 amide bonds. The quantitative estimate of drug-likeness (QED) is 0.710. The van der Waals surface area contributed by atoms with Crippen molar-refractivity contribution in [1.82, 2.24) is 9.97 Å². The molecule has 1 heterocycles. The summed E-state index contributed by atoms with van der Waals surface area (Å²) >= 11 is 0. The SMILES string of the molecule is CCC(CN)Nc1ccc2nc[nH]c2c1. The van der Waals surface area contributed by atoms with Gasteiger partial charge < -0.3 is 16.0 Å². The second kappa shape index (κ2) is 4.31. The van der Waals surface area contributed by atoms with Crippen LogP contribution in [0, 0.1) is 0 Å². The molecule has 1 aromatic carbocycles. The van der Waals surface area contributed by atoms with E-state index in [9.17, 15) is 0 Å². The second-order valence-electron chi connectivity index (χ2n) is 3.62. The van der Waals surface area contributed by atoms with E-state index < -0.39 is 0 Å². The van der Waals surface area contributed by atoms with Gasteiger partial charge in [0.25, 0.3) is 0 Å². The molecule has 0 saturated carbocycles. The molecule has 0 bridgehead atoms. The Hall–Kier alpha value is -1.55. The topological polar surface area (TPSA) is 66.7 Å². The zero-order chi connectivity index (χ0) is 10.7. The van der Waals surface area contributed by atoms with Gasteiger partial charge in [-0.25, -0.2) is 4.98 Å². The van der Waals surface area contributed by atoms with Crippen molar-refractivity contribution in [3.8, 4) is 0 Å². The zero-order valence-electron chi connectivity index (χ0n) is 8.83. The monoisotopic (exact) mass is 204 g/mol. The highest BCUT2D eigenvalue weighted by molar-refractivity contribution is 5.78. The van der Waals surface area contributed by atoms with Crippen molar-refractivity contribution in [2.75, 3.05) is 11.9 Å². The highest BCUT2D eigenvalue weighted by Crippen LogP contribution is 2.16. The lowest BCUT2D eigenvalue weighted by atomic mass is 10.2. The van der Waals surface area contributed by atoms with Crippen molar-refractivity contribution in [2.45, 2.75) is 19.4 Å². The number of aromatic amines is 1. The molecule has 0 aliphatic heterocycles. The molecule has 0 radical (unpaired) electrons. The van der Waals surface area contributed by atoms with Gasteiger partial charge in [-0.1, -0.05) is 6.92 Å². The highest BCUT2D eigenvalue weighted by atomic mass is 14.9. The van der Waals surface area contributed by atoms with Gasteiger partial charge in [-0.3, -0.25) is 0 Å². The maximum Gasteiger partial charge on any atom is 0.0931 e. The molecule has 4 nitrogen and oxygen atoms in total. The van der Waals surface area contributed by atoms with Crippen LogP contribution in [0.15, 0.2) is 24.5 Å². The van der Waals surface area contributed by atoms with Crippen LogP contribution < -0.4 is 11.1 Å². The summed E-state index contributed by atoms with van der Waals surface area (Å²) < 4.78 is 0. The molecule has 0 aliphatic carbocycles. The minimum atomic E-state index is 0.338. The molecule has 0 saturated heterocycles.